The van der Waals surface area contributed by atoms with Crippen LogP contribution in [0.4, 0.5) is 4.39 Å². The molecule has 0 heterocycles. The minimum atomic E-state index is -3.80. The zero-order chi connectivity index (χ0) is 14.8. The van der Waals surface area contributed by atoms with E-state index in [0.717, 1.165) is 0 Å². The van der Waals surface area contributed by atoms with Crippen LogP contribution in [0.15, 0.2) is 29.2 Å². The summed E-state index contributed by atoms with van der Waals surface area (Å²) in [5.41, 5.74) is -0.590. The zero-order valence-electron chi connectivity index (χ0n) is 11.5. The van der Waals surface area contributed by atoms with Crippen molar-refractivity contribution in [3.05, 3.63) is 29.8 Å². The Morgan fingerprint density at radius 3 is 2.26 bits per heavy atom. The number of hydrogen-bond donors (Lipinski definition) is 2. The average Bonchev–Trinajstić information content (AvgIpc) is 2.24. The fourth-order valence-corrected chi connectivity index (χ4v) is 3.35. The van der Waals surface area contributed by atoms with Gasteiger partial charge in [-0.15, -0.1) is 0 Å². The van der Waals surface area contributed by atoms with Crippen molar-refractivity contribution in [1.29, 1.82) is 0 Å². The topological polar surface area (TPSA) is 66.4 Å². The van der Waals surface area contributed by atoms with E-state index in [1.165, 1.54) is 25.1 Å². The van der Waals surface area contributed by atoms with Crippen LogP contribution in [-0.2, 0) is 10.0 Å². The first-order valence-corrected chi connectivity index (χ1v) is 7.48. The molecule has 108 valence electrons. The lowest BCUT2D eigenvalue weighted by Gasteiger charge is -2.23. The van der Waals surface area contributed by atoms with E-state index in [0.29, 0.717) is 0 Å². The highest BCUT2D eigenvalue weighted by Gasteiger charge is 2.28. The molecule has 2 atom stereocenters. The van der Waals surface area contributed by atoms with Crippen LogP contribution >= 0.6 is 0 Å². The second kappa shape index (κ2) is 5.56. The number of rotatable bonds is 4. The smallest absolute Gasteiger partial charge is 0.241 e. The Morgan fingerprint density at radius 2 is 1.79 bits per heavy atom. The number of hydrogen-bond acceptors (Lipinski definition) is 3. The van der Waals surface area contributed by atoms with Crippen molar-refractivity contribution in [1.82, 2.24) is 4.72 Å². The van der Waals surface area contributed by atoms with Gasteiger partial charge in [-0.05, 0) is 33.8 Å². The van der Waals surface area contributed by atoms with Crippen LogP contribution < -0.4 is 4.72 Å². The molecule has 0 bridgehead atoms. The molecular formula is C13H20FNO3S. The molecule has 0 saturated heterocycles. The van der Waals surface area contributed by atoms with E-state index < -0.39 is 27.8 Å². The van der Waals surface area contributed by atoms with Crippen molar-refractivity contribution in [3.63, 3.8) is 0 Å². The molecular weight excluding hydrogens is 269 g/mol. The summed E-state index contributed by atoms with van der Waals surface area (Å²) in [6.07, 6.45) is -3.02. The first-order valence-electron chi connectivity index (χ1n) is 5.99. The van der Waals surface area contributed by atoms with Crippen LogP contribution in [0, 0.1) is 0 Å². The van der Waals surface area contributed by atoms with Gasteiger partial charge in [0.15, 0.2) is 0 Å². The average molecular weight is 289 g/mol. The number of sulfonamides is 1. The molecule has 1 aromatic carbocycles. The minimum Gasteiger partial charge on any atom is -0.385 e. The Balaban J connectivity index is 3.28. The largest absolute Gasteiger partial charge is 0.385 e. The number of benzene rings is 1. The van der Waals surface area contributed by atoms with Gasteiger partial charge in [0.05, 0.1) is 4.90 Å². The summed E-state index contributed by atoms with van der Waals surface area (Å²) in [6, 6.07) is 5.88. The van der Waals surface area contributed by atoms with Crippen molar-refractivity contribution in [2.45, 2.75) is 50.4 Å². The minimum absolute atomic E-state index is 0.0641. The first kappa shape index (κ1) is 16.1. The molecule has 0 amide bonds. The third kappa shape index (κ3) is 4.26. The van der Waals surface area contributed by atoms with Gasteiger partial charge in [-0.3, -0.25) is 0 Å². The molecule has 1 aromatic rings. The molecule has 6 heteroatoms. The fourth-order valence-electron chi connectivity index (χ4n) is 1.68. The third-order valence-electron chi connectivity index (χ3n) is 2.40. The van der Waals surface area contributed by atoms with Crippen LogP contribution in [0.25, 0.3) is 0 Å². The number of aliphatic hydroxyl groups excluding tert-OH is 1. The molecule has 0 fully saturated rings. The van der Waals surface area contributed by atoms with Crippen LogP contribution in [0.2, 0.25) is 0 Å². The number of aliphatic hydroxyl groups is 1. The number of halogens is 1. The summed E-state index contributed by atoms with van der Waals surface area (Å²) in [5.74, 6) is 0. The molecule has 0 saturated carbocycles. The van der Waals surface area contributed by atoms with Crippen molar-refractivity contribution < 1.29 is 17.9 Å². The molecule has 0 aliphatic rings. The summed E-state index contributed by atoms with van der Waals surface area (Å²) < 4.78 is 40.2. The Hall–Kier alpha value is -0.980. The SMILES string of the molecule is CC(F)C(O)c1ccccc1S(=O)(=O)NC(C)(C)C. The standard InChI is InChI=1S/C13H20FNO3S/c1-9(14)12(16)10-7-5-6-8-11(10)19(17,18)15-13(2,3)4/h5-9,12,15-16H,1-4H3. The van der Waals surface area contributed by atoms with Gasteiger partial charge in [0.2, 0.25) is 10.0 Å². The first-order chi connectivity index (χ1) is 8.54. The van der Waals surface area contributed by atoms with Gasteiger partial charge in [-0.25, -0.2) is 17.5 Å². The Kier molecular flexibility index (Phi) is 4.71. The highest BCUT2D eigenvalue weighted by Crippen LogP contribution is 2.26. The highest BCUT2D eigenvalue weighted by molar-refractivity contribution is 7.89. The van der Waals surface area contributed by atoms with Crippen LogP contribution in [-0.4, -0.2) is 25.2 Å². The van der Waals surface area contributed by atoms with E-state index in [9.17, 15) is 17.9 Å². The Morgan fingerprint density at radius 1 is 1.26 bits per heavy atom. The van der Waals surface area contributed by atoms with E-state index in [1.54, 1.807) is 26.8 Å². The van der Waals surface area contributed by atoms with Gasteiger partial charge in [-0.1, -0.05) is 18.2 Å². The lowest BCUT2D eigenvalue weighted by molar-refractivity contribution is 0.0859. The van der Waals surface area contributed by atoms with Gasteiger partial charge in [0.1, 0.15) is 12.3 Å². The normalized spacial score (nSPS) is 16.1. The third-order valence-corrected chi connectivity index (χ3v) is 4.23. The molecule has 0 spiro atoms. The predicted octanol–water partition coefficient (Wildman–Crippen LogP) is 2.15. The summed E-state index contributed by atoms with van der Waals surface area (Å²) in [6.45, 7) is 6.31. The second-order valence-corrected chi connectivity index (χ2v) is 7.17. The van der Waals surface area contributed by atoms with Crippen molar-refractivity contribution in [2.24, 2.45) is 0 Å². The molecule has 19 heavy (non-hydrogen) atoms. The monoisotopic (exact) mass is 289 g/mol. The quantitative estimate of drug-likeness (QED) is 0.892. The molecule has 0 aliphatic carbocycles. The predicted molar refractivity (Wildman–Crippen MR) is 72.0 cm³/mol. The lowest BCUT2D eigenvalue weighted by atomic mass is 10.1. The molecule has 2 N–H and O–H groups in total. The van der Waals surface area contributed by atoms with E-state index >= 15 is 0 Å². The van der Waals surface area contributed by atoms with Crippen molar-refractivity contribution >= 4 is 10.0 Å². The molecule has 4 nitrogen and oxygen atoms in total. The maximum atomic E-state index is 13.2. The molecule has 0 aromatic heterocycles. The maximum absolute atomic E-state index is 13.2. The summed E-state index contributed by atoms with van der Waals surface area (Å²) in [5, 5.41) is 9.77. The Labute approximate surface area is 113 Å². The second-order valence-electron chi connectivity index (χ2n) is 5.52. The Bertz CT molecular complexity index is 535. The lowest BCUT2D eigenvalue weighted by Crippen LogP contribution is -2.41. The fraction of sp³-hybridized carbons (Fsp3) is 0.538. The van der Waals surface area contributed by atoms with Gasteiger partial charge >= 0.3 is 0 Å². The van der Waals surface area contributed by atoms with Gasteiger partial charge in [0, 0.05) is 11.1 Å². The molecule has 0 aliphatic heterocycles. The highest BCUT2D eigenvalue weighted by atomic mass is 32.2. The summed E-state index contributed by atoms with van der Waals surface area (Å²) in [7, 11) is -3.80. The van der Waals surface area contributed by atoms with E-state index in [4.69, 9.17) is 0 Å². The number of alkyl halides is 1. The van der Waals surface area contributed by atoms with Gasteiger partial charge in [-0.2, -0.15) is 0 Å². The van der Waals surface area contributed by atoms with E-state index in [-0.39, 0.29) is 10.5 Å². The van der Waals surface area contributed by atoms with Crippen LogP contribution in [0.5, 0.6) is 0 Å². The summed E-state index contributed by atoms with van der Waals surface area (Å²) in [4.78, 5) is -0.0954. The molecule has 1 rings (SSSR count). The molecule has 0 radical (unpaired) electrons. The zero-order valence-corrected chi connectivity index (χ0v) is 12.3. The maximum Gasteiger partial charge on any atom is 0.241 e. The van der Waals surface area contributed by atoms with E-state index in [1.807, 2.05) is 0 Å². The summed E-state index contributed by atoms with van der Waals surface area (Å²) >= 11 is 0. The van der Waals surface area contributed by atoms with Crippen molar-refractivity contribution in [2.75, 3.05) is 0 Å². The van der Waals surface area contributed by atoms with Gasteiger partial charge < -0.3 is 5.11 Å². The van der Waals surface area contributed by atoms with Crippen molar-refractivity contribution in [3.8, 4) is 0 Å². The van der Waals surface area contributed by atoms with Gasteiger partial charge in [0.25, 0.3) is 0 Å². The van der Waals surface area contributed by atoms with E-state index in [2.05, 4.69) is 4.72 Å². The van der Waals surface area contributed by atoms with Crippen LogP contribution in [0.1, 0.15) is 39.4 Å². The van der Waals surface area contributed by atoms with Crippen LogP contribution in [0.3, 0.4) is 0 Å². The number of nitrogens with one attached hydrogen (secondary N) is 1. The molecule has 2 unspecified atom stereocenters.